The van der Waals surface area contributed by atoms with Gasteiger partial charge >= 0.3 is 5.97 Å². The Morgan fingerprint density at radius 1 is 1.37 bits per heavy atom. The Morgan fingerprint density at radius 2 is 2.11 bits per heavy atom. The molecule has 4 heteroatoms. The average molecular weight is 258 g/mol. The molecule has 1 aliphatic carbocycles. The molecular weight excluding hydrogens is 240 g/mol. The summed E-state index contributed by atoms with van der Waals surface area (Å²) in [6.45, 7) is 1.97. The number of carboxylic acids is 1. The number of nitrogens with zero attached hydrogens (tertiary/aromatic N) is 2. The summed E-state index contributed by atoms with van der Waals surface area (Å²) in [7, 11) is 0. The molecule has 1 saturated carbocycles. The molecule has 0 aliphatic heterocycles. The minimum absolute atomic E-state index is 0.305. The van der Waals surface area contributed by atoms with Crippen molar-refractivity contribution >= 4 is 11.6 Å². The molecule has 100 valence electrons. The highest BCUT2D eigenvalue weighted by molar-refractivity contribution is 5.88. The van der Waals surface area contributed by atoms with Gasteiger partial charge in [-0.2, -0.15) is 0 Å². The first kappa shape index (κ1) is 12.2. The SMILES string of the molecule is Cc1cccn2c(C(=O)O)c(C3CCCCC3)nc12. The third-order valence-corrected chi connectivity index (χ3v) is 4.07. The summed E-state index contributed by atoms with van der Waals surface area (Å²) in [4.78, 5) is 16.2. The smallest absolute Gasteiger partial charge is 0.354 e. The summed E-state index contributed by atoms with van der Waals surface area (Å²) in [6.07, 6.45) is 7.52. The fourth-order valence-corrected chi connectivity index (χ4v) is 3.09. The fourth-order valence-electron chi connectivity index (χ4n) is 3.09. The molecule has 3 rings (SSSR count). The number of aromatic carboxylic acids is 1. The zero-order valence-corrected chi connectivity index (χ0v) is 11.1. The molecule has 1 aliphatic rings. The van der Waals surface area contributed by atoms with Crippen LogP contribution in [0.5, 0.6) is 0 Å². The van der Waals surface area contributed by atoms with Crippen molar-refractivity contribution in [3.63, 3.8) is 0 Å². The van der Waals surface area contributed by atoms with Crippen LogP contribution < -0.4 is 0 Å². The van der Waals surface area contributed by atoms with Gasteiger partial charge in [0.2, 0.25) is 0 Å². The van der Waals surface area contributed by atoms with Crippen molar-refractivity contribution in [3.05, 3.63) is 35.3 Å². The topological polar surface area (TPSA) is 54.6 Å². The van der Waals surface area contributed by atoms with Gasteiger partial charge in [0.15, 0.2) is 5.69 Å². The van der Waals surface area contributed by atoms with Crippen molar-refractivity contribution in [2.75, 3.05) is 0 Å². The minimum atomic E-state index is -0.876. The van der Waals surface area contributed by atoms with Gasteiger partial charge in [-0.1, -0.05) is 25.3 Å². The Balaban J connectivity index is 2.19. The van der Waals surface area contributed by atoms with Crippen LogP contribution >= 0.6 is 0 Å². The summed E-state index contributed by atoms with van der Waals surface area (Å²) in [6, 6.07) is 3.85. The van der Waals surface area contributed by atoms with Crippen LogP contribution in [0, 0.1) is 6.92 Å². The molecule has 0 atom stereocenters. The maximum absolute atomic E-state index is 11.6. The molecule has 19 heavy (non-hydrogen) atoms. The zero-order chi connectivity index (χ0) is 13.4. The van der Waals surface area contributed by atoms with E-state index in [4.69, 9.17) is 0 Å². The normalized spacial score (nSPS) is 16.9. The van der Waals surface area contributed by atoms with Crippen LogP contribution in [0.2, 0.25) is 0 Å². The maximum atomic E-state index is 11.6. The van der Waals surface area contributed by atoms with Gasteiger partial charge in [0.05, 0.1) is 5.69 Å². The minimum Gasteiger partial charge on any atom is -0.477 e. The summed E-state index contributed by atoms with van der Waals surface area (Å²) in [5, 5.41) is 9.51. The van der Waals surface area contributed by atoms with Crippen molar-refractivity contribution in [3.8, 4) is 0 Å². The first-order chi connectivity index (χ1) is 9.18. The molecule has 2 aromatic heterocycles. The molecule has 0 bridgehead atoms. The Labute approximate surface area is 112 Å². The van der Waals surface area contributed by atoms with Crippen molar-refractivity contribution in [2.24, 2.45) is 0 Å². The van der Waals surface area contributed by atoms with E-state index in [-0.39, 0.29) is 0 Å². The first-order valence-corrected chi connectivity index (χ1v) is 6.89. The largest absolute Gasteiger partial charge is 0.477 e. The molecule has 0 spiro atoms. The molecule has 1 N–H and O–H groups in total. The third-order valence-electron chi connectivity index (χ3n) is 4.07. The number of rotatable bonds is 2. The van der Waals surface area contributed by atoms with Crippen molar-refractivity contribution < 1.29 is 9.90 Å². The van der Waals surface area contributed by atoms with Crippen LogP contribution in [0.1, 0.15) is 59.8 Å². The van der Waals surface area contributed by atoms with Gasteiger partial charge in [0, 0.05) is 12.1 Å². The number of pyridine rings is 1. The van der Waals surface area contributed by atoms with E-state index in [1.165, 1.54) is 19.3 Å². The van der Waals surface area contributed by atoms with Crippen molar-refractivity contribution in [1.82, 2.24) is 9.38 Å². The van der Waals surface area contributed by atoms with E-state index in [1.54, 1.807) is 10.6 Å². The summed E-state index contributed by atoms with van der Waals surface area (Å²) >= 11 is 0. The molecule has 2 heterocycles. The fraction of sp³-hybridized carbons (Fsp3) is 0.467. The second-order valence-electron chi connectivity index (χ2n) is 5.37. The molecule has 0 saturated heterocycles. The molecule has 0 aromatic carbocycles. The summed E-state index contributed by atoms with van der Waals surface area (Å²) in [5.41, 5.74) is 2.93. The molecule has 0 unspecified atom stereocenters. The van der Waals surface area contributed by atoms with Gasteiger partial charge in [0.25, 0.3) is 0 Å². The highest BCUT2D eigenvalue weighted by Crippen LogP contribution is 2.34. The number of hydrogen-bond acceptors (Lipinski definition) is 2. The number of carboxylic acid groups (broad SMARTS) is 1. The lowest BCUT2D eigenvalue weighted by molar-refractivity contribution is 0.0687. The van der Waals surface area contributed by atoms with Crippen LogP contribution in [-0.2, 0) is 0 Å². The molecule has 4 nitrogen and oxygen atoms in total. The number of carbonyl (C=O) groups is 1. The van der Waals surface area contributed by atoms with Crippen molar-refractivity contribution in [1.29, 1.82) is 0 Å². The molecule has 2 aromatic rings. The molecule has 0 amide bonds. The van der Waals surface area contributed by atoms with E-state index >= 15 is 0 Å². The molecule has 1 fully saturated rings. The summed E-state index contributed by atoms with van der Waals surface area (Å²) in [5.74, 6) is -0.571. The number of imidazole rings is 1. The van der Waals surface area contributed by atoms with E-state index in [2.05, 4.69) is 4.98 Å². The molecular formula is C15H18N2O2. The molecule has 0 radical (unpaired) electrons. The predicted octanol–water partition coefficient (Wildman–Crippen LogP) is 3.39. The van der Waals surface area contributed by atoms with Crippen LogP contribution in [-0.4, -0.2) is 20.5 Å². The van der Waals surface area contributed by atoms with Gasteiger partial charge in [-0.25, -0.2) is 9.78 Å². The lowest BCUT2D eigenvalue weighted by atomic mass is 9.86. The van der Waals surface area contributed by atoms with Gasteiger partial charge in [-0.15, -0.1) is 0 Å². The van der Waals surface area contributed by atoms with Crippen LogP contribution in [0.3, 0.4) is 0 Å². The van der Waals surface area contributed by atoms with E-state index < -0.39 is 5.97 Å². The van der Waals surface area contributed by atoms with E-state index in [9.17, 15) is 9.90 Å². The standard InChI is InChI=1S/C15H18N2O2/c1-10-6-5-9-17-13(15(18)19)12(16-14(10)17)11-7-3-2-4-8-11/h5-6,9,11H,2-4,7-8H2,1H3,(H,18,19). The Hall–Kier alpha value is -1.84. The third kappa shape index (κ3) is 2.01. The zero-order valence-electron chi connectivity index (χ0n) is 11.1. The monoisotopic (exact) mass is 258 g/mol. The number of aromatic nitrogens is 2. The Morgan fingerprint density at radius 3 is 2.79 bits per heavy atom. The lowest BCUT2D eigenvalue weighted by Crippen LogP contribution is -2.11. The number of hydrogen-bond donors (Lipinski definition) is 1. The van der Waals surface area contributed by atoms with E-state index in [1.807, 2.05) is 19.1 Å². The first-order valence-electron chi connectivity index (χ1n) is 6.89. The predicted molar refractivity (Wildman–Crippen MR) is 72.7 cm³/mol. The van der Waals surface area contributed by atoms with Gasteiger partial charge in [-0.05, 0) is 31.4 Å². The van der Waals surface area contributed by atoms with E-state index in [0.717, 1.165) is 29.7 Å². The van der Waals surface area contributed by atoms with E-state index in [0.29, 0.717) is 11.6 Å². The number of aryl methyl sites for hydroxylation is 1. The van der Waals surface area contributed by atoms with Gasteiger partial charge in [-0.3, -0.25) is 4.40 Å². The van der Waals surface area contributed by atoms with Crippen LogP contribution in [0.4, 0.5) is 0 Å². The second kappa shape index (κ2) is 4.68. The summed E-state index contributed by atoms with van der Waals surface area (Å²) < 4.78 is 1.72. The van der Waals surface area contributed by atoms with Crippen LogP contribution in [0.15, 0.2) is 18.3 Å². The van der Waals surface area contributed by atoms with Crippen molar-refractivity contribution in [2.45, 2.75) is 44.9 Å². The lowest BCUT2D eigenvalue weighted by Gasteiger charge is -2.20. The Kier molecular flexibility index (Phi) is 3.01. The quantitative estimate of drug-likeness (QED) is 0.898. The number of fused-ring (bicyclic) bond motifs is 1. The van der Waals surface area contributed by atoms with Gasteiger partial charge in [0.1, 0.15) is 5.65 Å². The maximum Gasteiger partial charge on any atom is 0.354 e. The average Bonchev–Trinajstić information content (AvgIpc) is 2.81. The van der Waals surface area contributed by atoms with Crippen LogP contribution in [0.25, 0.3) is 5.65 Å². The van der Waals surface area contributed by atoms with Gasteiger partial charge < -0.3 is 5.11 Å². The second-order valence-corrected chi connectivity index (χ2v) is 5.37. The highest BCUT2D eigenvalue weighted by Gasteiger charge is 2.26. The Bertz CT molecular complexity index is 624. The highest BCUT2D eigenvalue weighted by atomic mass is 16.4.